The van der Waals surface area contributed by atoms with Crippen LogP contribution in [-0.2, 0) is 9.59 Å². The maximum Gasteiger partial charge on any atom is 0.226 e. The van der Waals surface area contributed by atoms with E-state index < -0.39 is 0 Å². The zero-order valence-corrected chi connectivity index (χ0v) is 16.6. The van der Waals surface area contributed by atoms with Gasteiger partial charge in [-0.2, -0.15) is 0 Å². The first-order valence-electron chi connectivity index (χ1n) is 9.49. The lowest BCUT2D eigenvalue weighted by molar-refractivity contribution is -0.117. The van der Waals surface area contributed by atoms with Gasteiger partial charge in [0.1, 0.15) is 11.5 Å². The average molecular weight is 388 g/mol. The number of carbonyl (C=O) groups is 2. The number of nitrogens with zero attached hydrogens (tertiary/aromatic N) is 1. The highest BCUT2D eigenvalue weighted by molar-refractivity contribution is 5.94. The van der Waals surface area contributed by atoms with Crippen molar-refractivity contribution in [3.63, 3.8) is 0 Å². The predicted octanol–water partition coefficient (Wildman–Crippen LogP) is 5.17. The number of carbonyl (C=O) groups excluding carboxylic acids is 2. The number of nitrogens with one attached hydrogen (secondary N) is 1. The Labute approximate surface area is 170 Å². The summed E-state index contributed by atoms with van der Waals surface area (Å²) in [5, 5.41) is 2.86. The number of aryl methyl sites for hydroxylation is 1. The molecule has 0 spiro atoms. The first-order chi connectivity index (χ1) is 14.0. The maximum absolute atomic E-state index is 12.3. The van der Waals surface area contributed by atoms with E-state index in [1.165, 1.54) is 6.92 Å². The molecule has 0 unspecified atom stereocenters. The number of hydrogen-bond donors (Lipinski definition) is 1. The van der Waals surface area contributed by atoms with Gasteiger partial charge in [-0.25, -0.2) is 0 Å². The van der Waals surface area contributed by atoms with Crippen molar-refractivity contribution in [2.24, 2.45) is 0 Å². The molecule has 0 saturated carbocycles. The molecule has 0 fully saturated rings. The van der Waals surface area contributed by atoms with Crippen LogP contribution in [0.2, 0.25) is 0 Å². The van der Waals surface area contributed by atoms with Gasteiger partial charge in [-0.05, 0) is 55.5 Å². The minimum atomic E-state index is -0.153. The zero-order valence-electron chi connectivity index (χ0n) is 16.6. The summed E-state index contributed by atoms with van der Waals surface area (Å²) in [7, 11) is 0. The Morgan fingerprint density at radius 1 is 0.862 bits per heavy atom. The molecule has 0 bridgehead atoms. The molecule has 0 atom stereocenters. The Bertz CT molecular complexity index is 952. The van der Waals surface area contributed by atoms with E-state index in [1.807, 2.05) is 61.5 Å². The maximum atomic E-state index is 12.3. The monoisotopic (exact) mass is 388 g/mol. The molecular weight excluding hydrogens is 364 g/mol. The summed E-state index contributed by atoms with van der Waals surface area (Å²) >= 11 is 0. The number of hydrogen-bond acceptors (Lipinski definition) is 3. The molecule has 1 N–H and O–H groups in total. The molecule has 3 aromatic carbocycles. The molecule has 0 aromatic heterocycles. The molecule has 0 aliphatic heterocycles. The third kappa shape index (κ3) is 5.94. The standard InChI is InChI=1S/C24H24N2O3/c1-18-8-12-21(13-9-18)26(19(2)27)17-16-24(28)25-20-10-14-23(15-11-20)29-22-6-4-3-5-7-22/h3-15H,16-17H2,1-2H3,(H,25,28). The van der Waals surface area contributed by atoms with Crippen LogP contribution in [0.4, 0.5) is 11.4 Å². The molecule has 29 heavy (non-hydrogen) atoms. The van der Waals surface area contributed by atoms with Crippen molar-refractivity contribution < 1.29 is 14.3 Å². The van der Waals surface area contributed by atoms with Crippen molar-refractivity contribution in [2.45, 2.75) is 20.3 Å². The highest BCUT2D eigenvalue weighted by Crippen LogP contribution is 2.23. The van der Waals surface area contributed by atoms with Crippen LogP contribution >= 0.6 is 0 Å². The normalized spacial score (nSPS) is 10.3. The topological polar surface area (TPSA) is 58.6 Å². The first kappa shape index (κ1) is 20.1. The Balaban J connectivity index is 1.54. The molecule has 3 aromatic rings. The molecule has 148 valence electrons. The van der Waals surface area contributed by atoms with Crippen LogP contribution in [0.1, 0.15) is 18.9 Å². The quantitative estimate of drug-likeness (QED) is 0.607. The Morgan fingerprint density at radius 2 is 1.48 bits per heavy atom. The lowest BCUT2D eigenvalue weighted by Gasteiger charge is -2.21. The third-order valence-electron chi connectivity index (χ3n) is 4.41. The van der Waals surface area contributed by atoms with Crippen LogP contribution in [-0.4, -0.2) is 18.4 Å². The number of ether oxygens (including phenoxy) is 1. The van der Waals surface area contributed by atoms with Gasteiger partial charge in [0, 0.05) is 31.3 Å². The fourth-order valence-corrected chi connectivity index (χ4v) is 2.86. The van der Waals surface area contributed by atoms with E-state index in [1.54, 1.807) is 29.2 Å². The number of anilines is 2. The highest BCUT2D eigenvalue weighted by atomic mass is 16.5. The van der Waals surface area contributed by atoms with Gasteiger partial charge in [0.2, 0.25) is 11.8 Å². The fourth-order valence-electron chi connectivity index (χ4n) is 2.86. The predicted molar refractivity (Wildman–Crippen MR) is 115 cm³/mol. The van der Waals surface area contributed by atoms with E-state index in [9.17, 15) is 9.59 Å². The van der Waals surface area contributed by atoms with E-state index in [0.717, 1.165) is 17.0 Å². The second-order valence-electron chi connectivity index (χ2n) is 6.74. The Kier molecular flexibility index (Phi) is 6.63. The second-order valence-corrected chi connectivity index (χ2v) is 6.74. The van der Waals surface area contributed by atoms with Crippen molar-refractivity contribution in [3.05, 3.63) is 84.4 Å². The smallest absolute Gasteiger partial charge is 0.226 e. The van der Waals surface area contributed by atoms with Gasteiger partial charge in [-0.3, -0.25) is 9.59 Å². The molecule has 0 heterocycles. The van der Waals surface area contributed by atoms with Gasteiger partial charge in [-0.1, -0.05) is 35.9 Å². The van der Waals surface area contributed by atoms with Gasteiger partial charge in [0.15, 0.2) is 0 Å². The van der Waals surface area contributed by atoms with E-state index >= 15 is 0 Å². The molecular formula is C24H24N2O3. The van der Waals surface area contributed by atoms with Crippen LogP contribution in [0.5, 0.6) is 11.5 Å². The van der Waals surface area contributed by atoms with Crippen molar-refractivity contribution in [1.29, 1.82) is 0 Å². The third-order valence-corrected chi connectivity index (χ3v) is 4.41. The number of benzene rings is 3. The minimum absolute atomic E-state index is 0.0935. The molecule has 5 nitrogen and oxygen atoms in total. The lowest BCUT2D eigenvalue weighted by Crippen LogP contribution is -2.31. The summed E-state index contributed by atoms with van der Waals surface area (Å²) in [5.41, 5.74) is 2.59. The number of para-hydroxylation sites is 1. The number of amides is 2. The molecule has 0 aliphatic rings. The van der Waals surface area contributed by atoms with Gasteiger partial charge in [0.05, 0.1) is 0 Å². The van der Waals surface area contributed by atoms with Gasteiger partial charge in [-0.15, -0.1) is 0 Å². The van der Waals surface area contributed by atoms with Gasteiger partial charge < -0.3 is 15.0 Å². The summed E-state index contributed by atoms with van der Waals surface area (Å²) in [4.78, 5) is 25.9. The summed E-state index contributed by atoms with van der Waals surface area (Å²) < 4.78 is 5.74. The van der Waals surface area contributed by atoms with Crippen LogP contribution in [0, 0.1) is 6.92 Å². The van der Waals surface area contributed by atoms with Crippen molar-refractivity contribution in [1.82, 2.24) is 0 Å². The van der Waals surface area contributed by atoms with Crippen LogP contribution < -0.4 is 15.0 Å². The minimum Gasteiger partial charge on any atom is -0.457 e. The summed E-state index contributed by atoms with van der Waals surface area (Å²) in [6.45, 7) is 3.81. The molecule has 0 radical (unpaired) electrons. The van der Waals surface area contributed by atoms with E-state index in [-0.39, 0.29) is 18.2 Å². The largest absolute Gasteiger partial charge is 0.457 e. The van der Waals surface area contributed by atoms with Crippen molar-refractivity contribution in [3.8, 4) is 11.5 Å². The highest BCUT2D eigenvalue weighted by Gasteiger charge is 2.13. The van der Waals surface area contributed by atoms with Gasteiger partial charge in [0.25, 0.3) is 0 Å². The van der Waals surface area contributed by atoms with E-state index in [4.69, 9.17) is 4.74 Å². The van der Waals surface area contributed by atoms with Crippen LogP contribution in [0.25, 0.3) is 0 Å². The average Bonchev–Trinajstić information content (AvgIpc) is 2.71. The van der Waals surface area contributed by atoms with Crippen molar-refractivity contribution >= 4 is 23.2 Å². The van der Waals surface area contributed by atoms with Crippen molar-refractivity contribution in [2.75, 3.05) is 16.8 Å². The Hall–Kier alpha value is -3.60. The van der Waals surface area contributed by atoms with E-state index in [2.05, 4.69) is 5.32 Å². The lowest BCUT2D eigenvalue weighted by atomic mass is 10.2. The molecule has 2 amide bonds. The summed E-state index contributed by atoms with van der Waals surface area (Å²) in [6.07, 6.45) is 0.204. The summed E-state index contributed by atoms with van der Waals surface area (Å²) in [5.74, 6) is 1.20. The van der Waals surface area contributed by atoms with Gasteiger partial charge >= 0.3 is 0 Å². The molecule has 3 rings (SSSR count). The zero-order chi connectivity index (χ0) is 20.6. The molecule has 0 aliphatic carbocycles. The number of rotatable bonds is 7. The molecule has 5 heteroatoms. The van der Waals surface area contributed by atoms with Crippen LogP contribution in [0.3, 0.4) is 0 Å². The Morgan fingerprint density at radius 3 is 2.10 bits per heavy atom. The summed E-state index contributed by atoms with van der Waals surface area (Å²) in [6, 6.07) is 24.4. The molecule has 0 saturated heterocycles. The van der Waals surface area contributed by atoms with E-state index in [0.29, 0.717) is 18.0 Å². The second kappa shape index (κ2) is 9.55. The fraction of sp³-hybridized carbons (Fsp3) is 0.167. The first-order valence-corrected chi connectivity index (χ1v) is 9.49. The van der Waals surface area contributed by atoms with Crippen LogP contribution in [0.15, 0.2) is 78.9 Å². The SMILES string of the molecule is CC(=O)N(CCC(=O)Nc1ccc(Oc2ccccc2)cc1)c1ccc(C)cc1.